The Kier molecular flexibility index (Phi) is 5.01. The van der Waals surface area contributed by atoms with Crippen LogP contribution in [0.15, 0.2) is 53.5 Å². The molecule has 1 atom stereocenters. The molecule has 0 spiro atoms. The summed E-state index contributed by atoms with van der Waals surface area (Å²) in [5, 5.41) is 0.528. The lowest BCUT2D eigenvalue weighted by atomic mass is 10.2. The second-order valence-electron chi connectivity index (χ2n) is 5.95. The second kappa shape index (κ2) is 7.06. The van der Waals surface area contributed by atoms with E-state index >= 15 is 0 Å². The largest absolute Gasteiger partial charge is 0.451 e. The molecule has 25 heavy (non-hydrogen) atoms. The quantitative estimate of drug-likeness (QED) is 0.746. The summed E-state index contributed by atoms with van der Waals surface area (Å²) in [6.07, 6.45) is 2.01. The van der Waals surface area contributed by atoms with Gasteiger partial charge in [-0.2, -0.15) is 0 Å². The summed E-state index contributed by atoms with van der Waals surface area (Å²) in [6, 6.07) is 10.1. The van der Waals surface area contributed by atoms with Crippen LogP contribution in [-0.2, 0) is 9.84 Å². The third-order valence-electron chi connectivity index (χ3n) is 4.19. The van der Waals surface area contributed by atoms with E-state index in [1.54, 1.807) is 30.3 Å². The Morgan fingerprint density at radius 2 is 2.08 bits per heavy atom. The maximum Gasteiger partial charge on any atom is 0.290 e. The molecular formula is C18H18ClNO4S. The molecule has 0 N–H and O–H groups in total. The zero-order valence-electron chi connectivity index (χ0n) is 13.5. The average Bonchev–Trinajstić information content (AvgIpc) is 3.19. The molecule has 1 aliphatic heterocycles. The molecule has 2 heterocycles. The van der Waals surface area contributed by atoms with E-state index < -0.39 is 9.84 Å². The van der Waals surface area contributed by atoms with Gasteiger partial charge in [0.1, 0.15) is 5.76 Å². The number of amides is 1. The Morgan fingerprint density at radius 1 is 1.32 bits per heavy atom. The number of halogens is 1. The summed E-state index contributed by atoms with van der Waals surface area (Å²) in [7, 11) is -3.09. The minimum Gasteiger partial charge on any atom is -0.451 e. The molecule has 7 heteroatoms. The summed E-state index contributed by atoms with van der Waals surface area (Å²) in [5.74, 6) is 0.375. The standard InChI is InChI=1S/C18H18ClNO4S/c1-2-10-20(13-9-11-25(22,23)12-13)18(21)17-8-7-16(24-17)14-5-3-4-6-15(14)19/h2-8,13H,1,9-12H2/t13-/m0/s1. The van der Waals surface area contributed by atoms with Crippen molar-refractivity contribution in [1.29, 1.82) is 0 Å². The van der Waals surface area contributed by atoms with Crippen LogP contribution in [0, 0.1) is 0 Å². The molecule has 1 aliphatic rings. The first-order valence-corrected chi connectivity index (χ1v) is 10.1. The summed E-state index contributed by atoms with van der Waals surface area (Å²) in [4.78, 5) is 14.3. The van der Waals surface area contributed by atoms with Crippen LogP contribution in [0.4, 0.5) is 0 Å². The summed E-state index contributed by atoms with van der Waals surface area (Å²) in [6.45, 7) is 3.92. The third kappa shape index (κ3) is 3.80. The van der Waals surface area contributed by atoms with Crippen LogP contribution in [-0.4, -0.2) is 43.3 Å². The zero-order chi connectivity index (χ0) is 18.0. The number of rotatable bonds is 5. The van der Waals surface area contributed by atoms with Crippen molar-refractivity contribution in [1.82, 2.24) is 4.90 Å². The van der Waals surface area contributed by atoms with Gasteiger partial charge in [0.05, 0.1) is 16.5 Å². The minimum atomic E-state index is -3.09. The molecule has 0 radical (unpaired) electrons. The van der Waals surface area contributed by atoms with Gasteiger partial charge in [-0.3, -0.25) is 4.79 Å². The Morgan fingerprint density at radius 3 is 2.72 bits per heavy atom. The molecule has 2 aromatic rings. The smallest absolute Gasteiger partial charge is 0.290 e. The SMILES string of the molecule is C=CCN(C(=O)c1ccc(-c2ccccc2Cl)o1)[C@H]1CCS(=O)(=O)C1. The van der Waals surface area contributed by atoms with Crippen LogP contribution in [0.25, 0.3) is 11.3 Å². The predicted octanol–water partition coefficient (Wildman–Crippen LogP) is 3.42. The van der Waals surface area contributed by atoms with Crippen LogP contribution in [0.3, 0.4) is 0 Å². The lowest BCUT2D eigenvalue weighted by Gasteiger charge is -2.26. The maximum atomic E-state index is 12.8. The number of carbonyl (C=O) groups excluding carboxylic acids is 1. The van der Waals surface area contributed by atoms with E-state index in [9.17, 15) is 13.2 Å². The van der Waals surface area contributed by atoms with Crippen LogP contribution in [0.1, 0.15) is 17.0 Å². The second-order valence-corrected chi connectivity index (χ2v) is 8.58. The highest BCUT2D eigenvalue weighted by Crippen LogP contribution is 2.30. The van der Waals surface area contributed by atoms with Crippen molar-refractivity contribution >= 4 is 27.3 Å². The fourth-order valence-corrected chi connectivity index (χ4v) is 4.92. The molecule has 5 nitrogen and oxygen atoms in total. The van der Waals surface area contributed by atoms with Gasteiger partial charge in [-0.05, 0) is 30.7 Å². The van der Waals surface area contributed by atoms with E-state index in [-0.39, 0.29) is 35.8 Å². The van der Waals surface area contributed by atoms with Crippen molar-refractivity contribution < 1.29 is 17.6 Å². The number of benzene rings is 1. The minimum absolute atomic E-state index is 0.0232. The van der Waals surface area contributed by atoms with Crippen molar-refractivity contribution in [3.8, 4) is 11.3 Å². The van der Waals surface area contributed by atoms with E-state index in [0.717, 1.165) is 0 Å². The topological polar surface area (TPSA) is 67.6 Å². The van der Waals surface area contributed by atoms with Gasteiger partial charge in [-0.1, -0.05) is 29.8 Å². The molecular weight excluding hydrogens is 362 g/mol. The normalized spacial score (nSPS) is 18.8. The summed E-state index contributed by atoms with van der Waals surface area (Å²) < 4.78 is 29.2. The Labute approximate surface area is 151 Å². The van der Waals surface area contributed by atoms with Crippen LogP contribution in [0.5, 0.6) is 0 Å². The monoisotopic (exact) mass is 379 g/mol. The predicted molar refractivity (Wildman–Crippen MR) is 97.4 cm³/mol. The first kappa shape index (κ1) is 17.8. The summed E-state index contributed by atoms with van der Waals surface area (Å²) >= 11 is 6.16. The molecule has 1 fully saturated rings. The highest BCUT2D eigenvalue weighted by molar-refractivity contribution is 7.91. The van der Waals surface area contributed by atoms with Crippen molar-refractivity contribution in [3.63, 3.8) is 0 Å². The number of furan rings is 1. The van der Waals surface area contributed by atoms with Crippen molar-refractivity contribution in [2.75, 3.05) is 18.1 Å². The third-order valence-corrected chi connectivity index (χ3v) is 6.27. The van der Waals surface area contributed by atoms with Crippen molar-refractivity contribution in [2.45, 2.75) is 12.5 Å². The first-order chi connectivity index (χ1) is 11.9. The Bertz CT molecular complexity index is 903. The highest BCUT2D eigenvalue weighted by atomic mass is 35.5. The van der Waals surface area contributed by atoms with Gasteiger partial charge in [0.2, 0.25) is 0 Å². The zero-order valence-corrected chi connectivity index (χ0v) is 15.1. The Balaban J connectivity index is 1.86. The molecule has 0 bridgehead atoms. The first-order valence-electron chi connectivity index (χ1n) is 7.88. The molecule has 0 unspecified atom stereocenters. The average molecular weight is 380 g/mol. The van der Waals surface area contributed by atoms with E-state index in [0.29, 0.717) is 22.8 Å². The van der Waals surface area contributed by atoms with Crippen LogP contribution >= 0.6 is 11.6 Å². The fourth-order valence-electron chi connectivity index (χ4n) is 2.96. The molecule has 132 valence electrons. The maximum absolute atomic E-state index is 12.8. The van der Waals surface area contributed by atoms with Gasteiger partial charge in [0.25, 0.3) is 5.91 Å². The molecule has 0 aliphatic carbocycles. The molecule has 0 saturated carbocycles. The van der Waals surface area contributed by atoms with E-state index in [2.05, 4.69) is 6.58 Å². The lowest BCUT2D eigenvalue weighted by Crippen LogP contribution is -2.41. The Hall–Kier alpha value is -2.05. The fraction of sp³-hybridized carbons (Fsp3) is 0.278. The van der Waals surface area contributed by atoms with Gasteiger partial charge in [0.15, 0.2) is 15.6 Å². The van der Waals surface area contributed by atoms with Gasteiger partial charge in [0, 0.05) is 18.2 Å². The molecule has 1 saturated heterocycles. The number of hydrogen-bond donors (Lipinski definition) is 0. The molecule has 3 rings (SSSR count). The van der Waals surface area contributed by atoms with Gasteiger partial charge in [-0.25, -0.2) is 8.42 Å². The van der Waals surface area contributed by atoms with Crippen molar-refractivity contribution in [3.05, 3.63) is 59.8 Å². The molecule has 1 amide bonds. The molecule has 1 aromatic heterocycles. The van der Waals surface area contributed by atoms with Gasteiger partial charge >= 0.3 is 0 Å². The van der Waals surface area contributed by atoms with Crippen LogP contribution < -0.4 is 0 Å². The van der Waals surface area contributed by atoms with E-state index in [1.165, 1.54) is 4.90 Å². The van der Waals surface area contributed by atoms with E-state index in [4.69, 9.17) is 16.0 Å². The highest BCUT2D eigenvalue weighted by Gasteiger charge is 2.35. The van der Waals surface area contributed by atoms with Gasteiger partial charge < -0.3 is 9.32 Å². The number of nitrogens with zero attached hydrogens (tertiary/aromatic N) is 1. The van der Waals surface area contributed by atoms with Crippen LogP contribution in [0.2, 0.25) is 5.02 Å². The lowest BCUT2D eigenvalue weighted by molar-refractivity contribution is 0.0689. The number of hydrogen-bond acceptors (Lipinski definition) is 4. The molecule has 1 aromatic carbocycles. The van der Waals surface area contributed by atoms with Gasteiger partial charge in [-0.15, -0.1) is 6.58 Å². The number of carbonyl (C=O) groups is 1. The number of sulfone groups is 1. The van der Waals surface area contributed by atoms with E-state index in [1.807, 2.05) is 12.1 Å². The summed E-state index contributed by atoms with van der Waals surface area (Å²) in [5.41, 5.74) is 0.696. The van der Waals surface area contributed by atoms with Crippen molar-refractivity contribution in [2.24, 2.45) is 0 Å².